The summed E-state index contributed by atoms with van der Waals surface area (Å²) in [5.41, 5.74) is 0. The van der Waals surface area contributed by atoms with Gasteiger partial charge in [-0.2, -0.15) is 0 Å². The van der Waals surface area contributed by atoms with Crippen molar-refractivity contribution in [1.82, 2.24) is 5.32 Å². The summed E-state index contributed by atoms with van der Waals surface area (Å²) in [7, 11) is 1.94. The van der Waals surface area contributed by atoms with Crippen LogP contribution in [0.4, 0.5) is 0 Å². The molecule has 0 bridgehead atoms. The van der Waals surface area contributed by atoms with Crippen molar-refractivity contribution < 1.29 is 4.74 Å². The Morgan fingerprint density at radius 3 is 2.71 bits per heavy atom. The van der Waals surface area contributed by atoms with Crippen LogP contribution in [0.3, 0.4) is 0 Å². The molecule has 17 heavy (non-hydrogen) atoms. The smallest absolute Gasteiger partial charge is 0.139 e. The fraction of sp³-hybridized carbons (Fsp3) is 0.538. The van der Waals surface area contributed by atoms with E-state index in [-0.39, 0.29) is 6.10 Å². The first kappa shape index (κ1) is 14.6. The van der Waals surface area contributed by atoms with Crippen LogP contribution in [0, 0.1) is 0 Å². The topological polar surface area (TPSA) is 21.3 Å². The van der Waals surface area contributed by atoms with Gasteiger partial charge in [0, 0.05) is 11.1 Å². The zero-order valence-corrected chi connectivity index (χ0v) is 11.8. The van der Waals surface area contributed by atoms with Crippen LogP contribution in [0.15, 0.2) is 18.2 Å². The average molecular weight is 276 g/mol. The molecule has 0 aromatic heterocycles. The van der Waals surface area contributed by atoms with Crippen LogP contribution < -0.4 is 10.1 Å². The number of rotatable bonds is 7. The van der Waals surface area contributed by atoms with Crippen molar-refractivity contribution >= 4 is 23.2 Å². The first-order chi connectivity index (χ1) is 8.17. The summed E-state index contributed by atoms with van der Waals surface area (Å²) in [6.45, 7) is 3.08. The maximum absolute atomic E-state index is 6.08. The van der Waals surface area contributed by atoms with Crippen LogP contribution in [-0.2, 0) is 0 Å². The predicted octanol–water partition coefficient (Wildman–Crippen LogP) is 4.15. The molecule has 0 aliphatic carbocycles. The van der Waals surface area contributed by atoms with Crippen molar-refractivity contribution in [2.75, 3.05) is 13.6 Å². The van der Waals surface area contributed by atoms with Gasteiger partial charge in [-0.25, -0.2) is 0 Å². The van der Waals surface area contributed by atoms with Gasteiger partial charge in [-0.1, -0.05) is 36.5 Å². The second-order valence-corrected chi connectivity index (χ2v) is 4.84. The van der Waals surface area contributed by atoms with Crippen LogP contribution in [0.25, 0.3) is 0 Å². The second kappa shape index (κ2) is 7.80. The van der Waals surface area contributed by atoms with E-state index in [2.05, 4.69) is 12.2 Å². The molecule has 0 radical (unpaired) electrons. The lowest BCUT2D eigenvalue weighted by atomic mass is 10.1. The van der Waals surface area contributed by atoms with Crippen molar-refractivity contribution in [2.24, 2.45) is 0 Å². The van der Waals surface area contributed by atoms with Crippen LogP contribution in [-0.4, -0.2) is 19.7 Å². The van der Waals surface area contributed by atoms with Crippen LogP contribution in [0.1, 0.15) is 26.2 Å². The highest BCUT2D eigenvalue weighted by Gasteiger charge is 2.11. The Bertz CT molecular complexity index is 344. The quantitative estimate of drug-likeness (QED) is 0.807. The van der Waals surface area contributed by atoms with Gasteiger partial charge in [0.05, 0.1) is 11.1 Å². The molecule has 96 valence electrons. The first-order valence-corrected chi connectivity index (χ1v) is 6.69. The van der Waals surface area contributed by atoms with Crippen LogP contribution in [0.5, 0.6) is 5.75 Å². The minimum absolute atomic E-state index is 0.184. The van der Waals surface area contributed by atoms with Gasteiger partial charge in [-0.15, -0.1) is 0 Å². The normalized spacial score (nSPS) is 12.5. The maximum atomic E-state index is 6.08. The van der Waals surface area contributed by atoms with E-state index in [1.165, 1.54) is 0 Å². The molecule has 0 fully saturated rings. The van der Waals surface area contributed by atoms with Crippen molar-refractivity contribution in [2.45, 2.75) is 32.3 Å². The monoisotopic (exact) mass is 275 g/mol. The van der Waals surface area contributed by atoms with E-state index in [0.717, 1.165) is 25.8 Å². The Hall–Kier alpha value is -0.440. The molecule has 4 heteroatoms. The molecule has 2 nitrogen and oxygen atoms in total. The minimum atomic E-state index is 0.184. The number of ether oxygens (including phenoxy) is 1. The number of hydrogen-bond donors (Lipinski definition) is 1. The molecule has 0 aliphatic heterocycles. The highest BCUT2D eigenvalue weighted by molar-refractivity contribution is 6.34. The predicted molar refractivity (Wildman–Crippen MR) is 74.3 cm³/mol. The van der Waals surface area contributed by atoms with Gasteiger partial charge in [-0.05, 0) is 38.6 Å². The molecule has 1 aromatic rings. The van der Waals surface area contributed by atoms with E-state index in [0.29, 0.717) is 15.8 Å². The summed E-state index contributed by atoms with van der Waals surface area (Å²) in [5, 5.41) is 4.39. The van der Waals surface area contributed by atoms with Crippen LogP contribution in [0.2, 0.25) is 10.0 Å². The van der Waals surface area contributed by atoms with Gasteiger partial charge in [0.25, 0.3) is 0 Å². The Labute approximate surface area is 113 Å². The molecular weight excluding hydrogens is 257 g/mol. The SMILES string of the molecule is CCCC(CCNC)Oc1cc(Cl)ccc1Cl. The van der Waals surface area contributed by atoms with Gasteiger partial charge < -0.3 is 10.1 Å². The zero-order valence-electron chi connectivity index (χ0n) is 10.3. The van der Waals surface area contributed by atoms with E-state index in [9.17, 15) is 0 Å². The lowest BCUT2D eigenvalue weighted by Crippen LogP contribution is -2.22. The van der Waals surface area contributed by atoms with Gasteiger partial charge in [0.1, 0.15) is 5.75 Å². The highest BCUT2D eigenvalue weighted by Crippen LogP contribution is 2.29. The molecule has 0 heterocycles. The standard InChI is InChI=1S/C13H19Cl2NO/c1-3-4-11(7-8-16-2)17-13-9-10(14)5-6-12(13)15/h5-6,9,11,16H,3-4,7-8H2,1-2H3. The molecule has 0 saturated heterocycles. The molecule has 1 N–H and O–H groups in total. The fourth-order valence-corrected chi connectivity index (χ4v) is 1.96. The van der Waals surface area contributed by atoms with Gasteiger partial charge in [0.15, 0.2) is 0 Å². The van der Waals surface area contributed by atoms with Crippen molar-refractivity contribution in [3.05, 3.63) is 28.2 Å². The molecule has 1 atom stereocenters. The Morgan fingerprint density at radius 1 is 1.29 bits per heavy atom. The number of nitrogens with one attached hydrogen (secondary N) is 1. The third-order valence-corrected chi connectivity index (χ3v) is 3.06. The molecule has 1 rings (SSSR count). The van der Waals surface area contributed by atoms with E-state index in [4.69, 9.17) is 27.9 Å². The lowest BCUT2D eigenvalue weighted by molar-refractivity contribution is 0.180. The maximum Gasteiger partial charge on any atom is 0.139 e. The first-order valence-electron chi connectivity index (χ1n) is 5.93. The summed E-state index contributed by atoms with van der Waals surface area (Å²) in [4.78, 5) is 0. The summed E-state index contributed by atoms with van der Waals surface area (Å²) in [6.07, 6.45) is 3.26. The third kappa shape index (κ3) is 5.15. The van der Waals surface area contributed by atoms with Crippen LogP contribution >= 0.6 is 23.2 Å². The lowest BCUT2D eigenvalue weighted by Gasteiger charge is -2.19. The number of benzene rings is 1. The highest BCUT2D eigenvalue weighted by atomic mass is 35.5. The van der Waals surface area contributed by atoms with Gasteiger partial charge >= 0.3 is 0 Å². The third-order valence-electron chi connectivity index (χ3n) is 2.51. The molecule has 1 unspecified atom stereocenters. The fourth-order valence-electron chi connectivity index (χ4n) is 1.64. The number of hydrogen-bond acceptors (Lipinski definition) is 2. The van der Waals surface area contributed by atoms with Crippen molar-refractivity contribution in [1.29, 1.82) is 0 Å². The molecule has 0 amide bonds. The second-order valence-electron chi connectivity index (χ2n) is 4.00. The molecule has 0 spiro atoms. The molecule has 0 saturated carbocycles. The Morgan fingerprint density at radius 2 is 2.06 bits per heavy atom. The largest absolute Gasteiger partial charge is 0.489 e. The minimum Gasteiger partial charge on any atom is -0.489 e. The molecule has 0 aliphatic rings. The summed E-state index contributed by atoms with van der Waals surface area (Å²) < 4.78 is 5.91. The van der Waals surface area contributed by atoms with E-state index >= 15 is 0 Å². The van der Waals surface area contributed by atoms with Gasteiger partial charge in [-0.3, -0.25) is 0 Å². The molecule has 1 aromatic carbocycles. The van der Waals surface area contributed by atoms with Gasteiger partial charge in [0.2, 0.25) is 0 Å². The summed E-state index contributed by atoms with van der Waals surface area (Å²) in [6, 6.07) is 5.30. The molecular formula is C13H19Cl2NO. The zero-order chi connectivity index (χ0) is 12.7. The van der Waals surface area contributed by atoms with Crippen molar-refractivity contribution in [3.63, 3.8) is 0 Å². The Balaban J connectivity index is 2.67. The average Bonchev–Trinajstić information content (AvgIpc) is 2.31. The number of halogens is 2. The van der Waals surface area contributed by atoms with E-state index in [1.54, 1.807) is 18.2 Å². The summed E-state index contributed by atoms with van der Waals surface area (Å²) >= 11 is 12.0. The van der Waals surface area contributed by atoms with E-state index in [1.807, 2.05) is 7.05 Å². The Kier molecular flexibility index (Phi) is 6.71. The van der Waals surface area contributed by atoms with Crippen molar-refractivity contribution in [3.8, 4) is 5.75 Å². The van der Waals surface area contributed by atoms with E-state index < -0.39 is 0 Å². The summed E-state index contributed by atoms with van der Waals surface area (Å²) in [5.74, 6) is 0.675.